The minimum Gasteiger partial charge on any atom is -0.486 e. The van der Waals surface area contributed by atoms with Crippen molar-refractivity contribution in [2.45, 2.75) is 6.42 Å². The minimum atomic E-state index is 0.0157. The molecule has 1 aromatic carbocycles. The van der Waals surface area contributed by atoms with E-state index in [1.807, 2.05) is 0 Å². The van der Waals surface area contributed by atoms with Gasteiger partial charge in [-0.2, -0.15) is 0 Å². The number of hydrogen-bond donors (Lipinski definition) is 0. The van der Waals surface area contributed by atoms with Gasteiger partial charge in [-0.3, -0.25) is 4.79 Å². The zero-order chi connectivity index (χ0) is 9.97. The first-order valence-electron chi connectivity index (χ1n) is 4.53. The molecule has 2 rings (SSSR count). The van der Waals surface area contributed by atoms with Crippen LogP contribution >= 0.6 is 0 Å². The molecule has 73 valence electrons. The Balaban J connectivity index is 2.33. The lowest BCUT2D eigenvalue weighted by molar-refractivity contribution is 0.0994. The van der Waals surface area contributed by atoms with Crippen LogP contribution in [0.5, 0.6) is 11.5 Å². The number of fused-ring (bicyclic) bond motifs is 1. The van der Waals surface area contributed by atoms with Crippen LogP contribution in [0, 0.1) is 6.92 Å². The van der Waals surface area contributed by atoms with Gasteiger partial charge in [0.1, 0.15) is 13.2 Å². The van der Waals surface area contributed by atoms with Gasteiger partial charge in [-0.25, -0.2) is 0 Å². The molecule has 3 nitrogen and oxygen atoms in total. The van der Waals surface area contributed by atoms with Crippen LogP contribution in [-0.4, -0.2) is 19.0 Å². The molecule has 0 bridgehead atoms. The zero-order valence-electron chi connectivity index (χ0n) is 7.79. The van der Waals surface area contributed by atoms with Gasteiger partial charge in [0.2, 0.25) is 0 Å². The Morgan fingerprint density at radius 3 is 2.71 bits per heavy atom. The van der Waals surface area contributed by atoms with Crippen molar-refractivity contribution in [1.29, 1.82) is 0 Å². The molecule has 0 fully saturated rings. The van der Waals surface area contributed by atoms with Crippen molar-refractivity contribution < 1.29 is 14.3 Å². The third-order valence-electron chi connectivity index (χ3n) is 2.09. The summed E-state index contributed by atoms with van der Waals surface area (Å²) in [4.78, 5) is 11.3. The van der Waals surface area contributed by atoms with E-state index in [9.17, 15) is 4.79 Å². The molecule has 0 aromatic heterocycles. The Morgan fingerprint density at radius 2 is 2.00 bits per heavy atom. The number of carbonyl (C=O) groups is 1. The highest BCUT2D eigenvalue weighted by atomic mass is 16.6. The van der Waals surface area contributed by atoms with Crippen LogP contribution in [0.1, 0.15) is 16.8 Å². The molecule has 1 aliphatic rings. The Morgan fingerprint density at radius 1 is 1.29 bits per heavy atom. The second-order valence-corrected chi connectivity index (χ2v) is 3.03. The zero-order valence-corrected chi connectivity index (χ0v) is 7.79. The average molecular weight is 191 g/mol. The highest BCUT2D eigenvalue weighted by Crippen LogP contribution is 2.30. The second kappa shape index (κ2) is 3.70. The van der Waals surface area contributed by atoms with Crippen LogP contribution in [0.25, 0.3) is 0 Å². The number of hydrogen-bond acceptors (Lipinski definition) is 3. The van der Waals surface area contributed by atoms with Crippen LogP contribution in [0.15, 0.2) is 18.2 Å². The fourth-order valence-electron chi connectivity index (χ4n) is 1.36. The number of ether oxygens (including phenoxy) is 2. The SMILES string of the molecule is [CH2]CC(=O)c1ccc2c(c1)OCCO2. The predicted octanol–water partition coefficient (Wildman–Crippen LogP) is 1.86. The summed E-state index contributed by atoms with van der Waals surface area (Å²) < 4.78 is 10.7. The van der Waals surface area contributed by atoms with Crippen LogP contribution in [0.2, 0.25) is 0 Å². The molecule has 0 amide bonds. The molecule has 1 aromatic rings. The third-order valence-corrected chi connectivity index (χ3v) is 2.09. The van der Waals surface area contributed by atoms with E-state index < -0.39 is 0 Å². The molecular formula is C11H11O3. The van der Waals surface area contributed by atoms with E-state index in [0.717, 1.165) is 0 Å². The van der Waals surface area contributed by atoms with E-state index in [1.54, 1.807) is 18.2 Å². The van der Waals surface area contributed by atoms with E-state index in [0.29, 0.717) is 30.3 Å². The van der Waals surface area contributed by atoms with E-state index >= 15 is 0 Å². The van der Waals surface area contributed by atoms with Crippen LogP contribution in [0.4, 0.5) is 0 Å². The molecule has 0 aliphatic carbocycles. The Labute approximate surface area is 82.6 Å². The second-order valence-electron chi connectivity index (χ2n) is 3.03. The van der Waals surface area contributed by atoms with E-state index in [2.05, 4.69) is 6.92 Å². The van der Waals surface area contributed by atoms with Gasteiger partial charge in [0, 0.05) is 12.0 Å². The van der Waals surface area contributed by atoms with Crippen molar-refractivity contribution >= 4 is 5.78 Å². The molecule has 0 N–H and O–H groups in total. The Hall–Kier alpha value is -1.51. The summed E-state index contributed by atoms with van der Waals surface area (Å²) in [6.07, 6.45) is 0.264. The summed E-state index contributed by atoms with van der Waals surface area (Å²) in [5.74, 6) is 1.37. The fraction of sp³-hybridized carbons (Fsp3) is 0.273. The molecule has 0 saturated heterocycles. The van der Waals surface area contributed by atoms with Crippen molar-refractivity contribution in [3.8, 4) is 11.5 Å². The topological polar surface area (TPSA) is 35.5 Å². The molecule has 14 heavy (non-hydrogen) atoms. The number of benzene rings is 1. The predicted molar refractivity (Wildman–Crippen MR) is 51.7 cm³/mol. The number of rotatable bonds is 2. The number of ketones is 1. The molecule has 0 spiro atoms. The lowest BCUT2D eigenvalue weighted by Gasteiger charge is -2.18. The number of carbonyl (C=O) groups excluding carboxylic acids is 1. The average Bonchev–Trinajstić information content (AvgIpc) is 2.27. The lowest BCUT2D eigenvalue weighted by Crippen LogP contribution is -2.15. The quantitative estimate of drug-likeness (QED) is 0.669. The van der Waals surface area contributed by atoms with Gasteiger partial charge in [-0.1, -0.05) is 0 Å². The van der Waals surface area contributed by atoms with Gasteiger partial charge in [0.05, 0.1) is 0 Å². The molecule has 3 heteroatoms. The molecule has 1 aliphatic heterocycles. The lowest BCUT2D eigenvalue weighted by atomic mass is 10.1. The number of Topliss-reactive ketones (excluding diaryl/α,β-unsaturated/α-hetero) is 1. The third kappa shape index (κ3) is 1.58. The standard InChI is InChI=1S/C11H11O3/c1-2-9(12)8-3-4-10-11(7-8)14-6-5-13-10/h3-4,7H,1-2,5-6H2. The molecule has 0 saturated carbocycles. The van der Waals surface area contributed by atoms with Gasteiger partial charge in [0.25, 0.3) is 0 Å². The largest absolute Gasteiger partial charge is 0.486 e. The van der Waals surface area contributed by atoms with E-state index in [4.69, 9.17) is 9.47 Å². The normalized spacial score (nSPS) is 13.8. The van der Waals surface area contributed by atoms with Crippen molar-refractivity contribution in [2.24, 2.45) is 0 Å². The van der Waals surface area contributed by atoms with E-state index in [-0.39, 0.29) is 12.2 Å². The molecule has 1 radical (unpaired) electrons. The summed E-state index contributed by atoms with van der Waals surface area (Å²) in [5.41, 5.74) is 0.629. The maximum atomic E-state index is 11.3. The van der Waals surface area contributed by atoms with Gasteiger partial charge in [-0.05, 0) is 25.1 Å². The molecule has 1 heterocycles. The summed E-state index contributed by atoms with van der Waals surface area (Å²) in [5, 5.41) is 0. The summed E-state index contributed by atoms with van der Waals surface area (Å²) in [6, 6.07) is 5.21. The van der Waals surface area contributed by atoms with Crippen LogP contribution in [0.3, 0.4) is 0 Å². The van der Waals surface area contributed by atoms with Crippen molar-refractivity contribution in [1.82, 2.24) is 0 Å². The summed E-state index contributed by atoms with van der Waals surface area (Å²) in [6.45, 7) is 4.65. The van der Waals surface area contributed by atoms with Crippen molar-refractivity contribution in [2.75, 3.05) is 13.2 Å². The minimum absolute atomic E-state index is 0.0157. The maximum absolute atomic E-state index is 11.3. The molecule has 0 unspecified atom stereocenters. The first kappa shape index (κ1) is 9.06. The van der Waals surface area contributed by atoms with Gasteiger partial charge in [-0.15, -0.1) is 0 Å². The molecular weight excluding hydrogens is 180 g/mol. The maximum Gasteiger partial charge on any atom is 0.163 e. The van der Waals surface area contributed by atoms with Crippen LogP contribution in [-0.2, 0) is 0 Å². The summed E-state index contributed by atoms with van der Waals surface area (Å²) in [7, 11) is 0. The van der Waals surface area contributed by atoms with Crippen LogP contribution < -0.4 is 9.47 Å². The first-order chi connectivity index (χ1) is 6.81. The molecule has 0 atom stereocenters. The van der Waals surface area contributed by atoms with Crippen molar-refractivity contribution in [3.05, 3.63) is 30.7 Å². The Kier molecular flexibility index (Phi) is 2.39. The van der Waals surface area contributed by atoms with Crippen molar-refractivity contribution in [3.63, 3.8) is 0 Å². The van der Waals surface area contributed by atoms with Gasteiger partial charge >= 0.3 is 0 Å². The monoisotopic (exact) mass is 191 g/mol. The smallest absolute Gasteiger partial charge is 0.163 e. The summed E-state index contributed by atoms with van der Waals surface area (Å²) >= 11 is 0. The van der Waals surface area contributed by atoms with Gasteiger partial charge < -0.3 is 9.47 Å². The van der Waals surface area contributed by atoms with Gasteiger partial charge in [0.15, 0.2) is 17.3 Å². The highest BCUT2D eigenvalue weighted by Gasteiger charge is 2.13. The highest BCUT2D eigenvalue weighted by molar-refractivity contribution is 5.97. The van der Waals surface area contributed by atoms with E-state index in [1.165, 1.54) is 0 Å². The first-order valence-corrected chi connectivity index (χ1v) is 4.53. The Bertz CT molecular complexity index is 358. The fourth-order valence-corrected chi connectivity index (χ4v) is 1.36.